The first-order chi connectivity index (χ1) is 10.3. The molecular weight excluding hydrogens is 258 g/mol. The number of ether oxygens (including phenoxy) is 1. The lowest BCUT2D eigenvalue weighted by atomic mass is 9.96. The Balaban J connectivity index is 1.87. The van der Waals surface area contributed by atoms with Crippen molar-refractivity contribution in [1.82, 2.24) is 5.32 Å². The zero-order valence-electron chi connectivity index (χ0n) is 12.9. The fourth-order valence-electron chi connectivity index (χ4n) is 3.22. The van der Waals surface area contributed by atoms with Gasteiger partial charge in [0.2, 0.25) is 0 Å². The number of rotatable bonds is 5. The average Bonchev–Trinajstić information content (AvgIpc) is 2.98. The van der Waals surface area contributed by atoms with Gasteiger partial charge >= 0.3 is 0 Å². The second kappa shape index (κ2) is 6.31. The summed E-state index contributed by atoms with van der Waals surface area (Å²) in [6.45, 7) is 2.72. The Bertz CT molecular complexity index is 603. The predicted molar refractivity (Wildman–Crippen MR) is 87.0 cm³/mol. The van der Waals surface area contributed by atoms with Gasteiger partial charge in [-0.1, -0.05) is 30.3 Å². The molecule has 0 heterocycles. The molecule has 0 bridgehead atoms. The van der Waals surface area contributed by atoms with Crippen molar-refractivity contribution in [3.8, 4) is 5.75 Å². The third-order valence-corrected chi connectivity index (χ3v) is 4.27. The van der Waals surface area contributed by atoms with Gasteiger partial charge in [-0.3, -0.25) is 0 Å². The fraction of sp³-hybridized carbons (Fsp3) is 0.368. The molecule has 3 rings (SSSR count). The molecule has 2 nitrogen and oxygen atoms in total. The molecular formula is C19H23NO. The van der Waals surface area contributed by atoms with E-state index in [1.165, 1.54) is 41.5 Å². The Morgan fingerprint density at radius 2 is 1.71 bits per heavy atom. The summed E-state index contributed by atoms with van der Waals surface area (Å²) in [6, 6.07) is 15.6. The van der Waals surface area contributed by atoms with E-state index in [-0.39, 0.29) is 6.04 Å². The summed E-state index contributed by atoms with van der Waals surface area (Å²) in [6.07, 6.45) is 3.76. The van der Waals surface area contributed by atoms with Crippen LogP contribution in [0.3, 0.4) is 0 Å². The third-order valence-electron chi connectivity index (χ3n) is 4.27. The molecule has 110 valence electrons. The minimum Gasteiger partial charge on any atom is -0.494 e. The van der Waals surface area contributed by atoms with Crippen LogP contribution in [0.5, 0.6) is 5.75 Å². The van der Waals surface area contributed by atoms with Crippen LogP contribution in [0.25, 0.3) is 0 Å². The molecule has 0 aromatic heterocycles. The first-order valence-corrected chi connectivity index (χ1v) is 7.83. The normalized spacial score (nSPS) is 14.8. The second-order valence-electron chi connectivity index (χ2n) is 5.61. The maximum absolute atomic E-state index is 5.52. The van der Waals surface area contributed by atoms with Crippen molar-refractivity contribution in [1.29, 1.82) is 0 Å². The van der Waals surface area contributed by atoms with Crippen LogP contribution < -0.4 is 10.1 Å². The van der Waals surface area contributed by atoms with Crippen molar-refractivity contribution in [3.63, 3.8) is 0 Å². The van der Waals surface area contributed by atoms with Crippen LogP contribution in [0.4, 0.5) is 0 Å². The standard InChI is InChI=1S/C19H23NO/c1-3-21-18-11-9-15(10-12-18)19(20-2)17-8-7-14-5-4-6-16(14)13-17/h7-13,19-20H,3-6H2,1-2H3. The zero-order chi connectivity index (χ0) is 14.7. The summed E-state index contributed by atoms with van der Waals surface area (Å²) >= 11 is 0. The van der Waals surface area contributed by atoms with Crippen LogP contribution in [0.1, 0.15) is 41.6 Å². The topological polar surface area (TPSA) is 21.3 Å². The van der Waals surface area contributed by atoms with Gasteiger partial charge in [0.05, 0.1) is 12.6 Å². The van der Waals surface area contributed by atoms with Gasteiger partial charge in [-0.15, -0.1) is 0 Å². The van der Waals surface area contributed by atoms with Gasteiger partial charge in [0.25, 0.3) is 0 Å². The number of benzene rings is 2. The molecule has 1 aliphatic carbocycles. The first kappa shape index (κ1) is 14.2. The molecule has 0 spiro atoms. The summed E-state index contributed by atoms with van der Waals surface area (Å²) in [7, 11) is 2.02. The molecule has 0 amide bonds. The van der Waals surface area contributed by atoms with Gasteiger partial charge < -0.3 is 10.1 Å². The van der Waals surface area contributed by atoms with Gasteiger partial charge in [-0.05, 0) is 67.6 Å². The number of aryl methyl sites for hydroxylation is 2. The maximum atomic E-state index is 5.52. The van der Waals surface area contributed by atoms with E-state index in [0.29, 0.717) is 6.61 Å². The van der Waals surface area contributed by atoms with E-state index in [0.717, 1.165) is 5.75 Å². The zero-order valence-corrected chi connectivity index (χ0v) is 12.9. The van der Waals surface area contributed by atoms with Gasteiger partial charge in [0, 0.05) is 0 Å². The molecule has 1 aliphatic rings. The highest BCUT2D eigenvalue weighted by Crippen LogP contribution is 2.29. The van der Waals surface area contributed by atoms with Crippen LogP contribution in [0.2, 0.25) is 0 Å². The van der Waals surface area contributed by atoms with Crippen molar-refractivity contribution in [2.45, 2.75) is 32.2 Å². The number of nitrogens with one attached hydrogen (secondary N) is 1. The fourth-order valence-corrected chi connectivity index (χ4v) is 3.22. The van der Waals surface area contributed by atoms with Crippen molar-refractivity contribution in [2.75, 3.05) is 13.7 Å². The Hall–Kier alpha value is -1.80. The number of hydrogen-bond acceptors (Lipinski definition) is 2. The quantitative estimate of drug-likeness (QED) is 0.898. The summed E-state index contributed by atoms with van der Waals surface area (Å²) in [5, 5.41) is 3.44. The highest BCUT2D eigenvalue weighted by molar-refractivity contribution is 5.41. The molecule has 0 saturated heterocycles. The maximum Gasteiger partial charge on any atom is 0.119 e. The summed E-state index contributed by atoms with van der Waals surface area (Å²) in [5.41, 5.74) is 5.68. The molecule has 1 atom stereocenters. The highest BCUT2D eigenvalue weighted by atomic mass is 16.5. The minimum atomic E-state index is 0.242. The van der Waals surface area contributed by atoms with Crippen LogP contribution in [-0.2, 0) is 12.8 Å². The largest absolute Gasteiger partial charge is 0.494 e. The molecule has 21 heavy (non-hydrogen) atoms. The van der Waals surface area contributed by atoms with E-state index in [1.807, 2.05) is 14.0 Å². The van der Waals surface area contributed by atoms with Crippen LogP contribution in [-0.4, -0.2) is 13.7 Å². The van der Waals surface area contributed by atoms with Gasteiger partial charge in [0.15, 0.2) is 0 Å². The van der Waals surface area contributed by atoms with Crippen LogP contribution >= 0.6 is 0 Å². The van der Waals surface area contributed by atoms with Gasteiger partial charge in [0.1, 0.15) is 5.75 Å². The molecule has 0 fully saturated rings. The molecule has 1 unspecified atom stereocenters. The van der Waals surface area contributed by atoms with E-state index in [9.17, 15) is 0 Å². The molecule has 2 aromatic carbocycles. The lowest BCUT2D eigenvalue weighted by Gasteiger charge is -2.19. The summed E-state index contributed by atoms with van der Waals surface area (Å²) in [5.74, 6) is 0.935. The Kier molecular flexibility index (Phi) is 4.26. The lowest BCUT2D eigenvalue weighted by Crippen LogP contribution is -2.17. The molecule has 1 N–H and O–H groups in total. The van der Waals surface area contributed by atoms with Crippen molar-refractivity contribution in [3.05, 3.63) is 64.7 Å². The number of fused-ring (bicyclic) bond motifs is 1. The Morgan fingerprint density at radius 3 is 2.43 bits per heavy atom. The first-order valence-electron chi connectivity index (χ1n) is 7.83. The van der Waals surface area contributed by atoms with Crippen LogP contribution in [0.15, 0.2) is 42.5 Å². The van der Waals surface area contributed by atoms with Gasteiger partial charge in [-0.2, -0.15) is 0 Å². The monoisotopic (exact) mass is 281 g/mol. The van der Waals surface area contributed by atoms with E-state index in [2.05, 4.69) is 47.8 Å². The third kappa shape index (κ3) is 2.96. The SMILES string of the molecule is CCOc1ccc(C(NC)c2ccc3c(c2)CCC3)cc1. The van der Waals surface area contributed by atoms with E-state index in [1.54, 1.807) is 0 Å². The van der Waals surface area contributed by atoms with Crippen molar-refractivity contribution in [2.24, 2.45) is 0 Å². The van der Waals surface area contributed by atoms with Crippen molar-refractivity contribution >= 4 is 0 Å². The number of hydrogen-bond donors (Lipinski definition) is 1. The molecule has 2 aromatic rings. The molecule has 0 radical (unpaired) electrons. The van der Waals surface area contributed by atoms with E-state index in [4.69, 9.17) is 4.74 Å². The molecule has 0 aliphatic heterocycles. The summed E-state index contributed by atoms with van der Waals surface area (Å²) in [4.78, 5) is 0. The Morgan fingerprint density at radius 1 is 1.00 bits per heavy atom. The van der Waals surface area contributed by atoms with E-state index >= 15 is 0 Å². The Labute approximate surface area is 127 Å². The molecule has 0 saturated carbocycles. The second-order valence-corrected chi connectivity index (χ2v) is 5.61. The minimum absolute atomic E-state index is 0.242. The van der Waals surface area contributed by atoms with Crippen LogP contribution in [0, 0.1) is 0 Å². The van der Waals surface area contributed by atoms with Crippen molar-refractivity contribution < 1.29 is 4.74 Å². The summed E-state index contributed by atoms with van der Waals surface area (Å²) < 4.78 is 5.52. The lowest BCUT2D eigenvalue weighted by molar-refractivity contribution is 0.340. The van der Waals surface area contributed by atoms with E-state index < -0.39 is 0 Å². The molecule has 2 heteroatoms. The smallest absolute Gasteiger partial charge is 0.119 e. The van der Waals surface area contributed by atoms with Gasteiger partial charge in [-0.25, -0.2) is 0 Å². The highest BCUT2D eigenvalue weighted by Gasteiger charge is 2.16. The predicted octanol–water partition coefficient (Wildman–Crippen LogP) is 3.88. The average molecular weight is 281 g/mol.